The summed E-state index contributed by atoms with van der Waals surface area (Å²) in [6, 6.07) is 0. The van der Waals surface area contributed by atoms with Crippen molar-refractivity contribution < 1.29 is 113 Å². The maximum absolute atomic E-state index is 9.31. The van der Waals surface area contributed by atoms with Crippen LogP contribution in [0.3, 0.4) is 0 Å². The summed E-state index contributed by atoms with van der Waals surface area (Å²) in [6.07, 6.45) is -1.83. The molecule has 0 aromatic heterocycles. The first-order chi connectivity index (χ1) is 3.46. The van der Waals surface area contributed by atoms with Gasteiger partial charge in [-0.3, -0.25) is 0 Å². The average molecular weight is 198 g/mol. The zero-order valence-corrected chi connectivity index (χ0v) is 13.4. The molecular weight excluding hydrogens is 186 g/mol. The molecule has 4 N–H and O–H groups in total. The van der Waals surface area contributed by atoms with Crippen molar-refractivity contribution in [3.63, 3.8) is 0 Å². The Morgan fingerprint density at radius 2 is 0.900 bits per heavy atom. The number of rotatable bonds is 0. The summed E-state index contributed by atoms with van der Waals surface area (Å²) in [5, 5.41) is 18.6. The van der Waals surface area contributed by atoms with Gasteiger partial charge in [-0.1, -0.05) is 26.3 Å². The minimum Gasteiger partial charge on any atom is -0.841 e. The summed E-state index contributed by atoms with van der Waals surface area (Å²) in [5.41, 5.74) is 9.11. The Balaban J connectivity index is -0.0000000300. The molecule has 0 saturated heterocycles. The van der Waals surface area contributed by atoms with Crippen LogP contribution in [0, 0.1) is 0 Å². The molecule has 0 heterocycles. The molecule has 0 aliphatic heterocycles. The third kappa shape index (κ3) is 117. The Kier molecular flexibility index (Phi) is 41.7. The number of hydrogen-bond acceptors (Lipinski definition) is 4. The molecule has 0 aromatic rings. The van der Waals surface area contributed by atoms with E-state index in [0.29, 0.717) is 0 Å². The first kappa shape index (κ1) is 23.2. The van der Waals surface area contributed by atoms with E-state index in [0.717, 1.165) is 0 Å². The van der Waals surface area contributed by atoms with Gasteiger partial charge in [0.15, 0.2) is 0 Å². The van der Waals surface area contributed by atoms with E-state index in [1.165, 1.54) is 13.8 Å². The van der Waals surface area contributed by atoms with E-state index in [1.807, 2.05) is 0 Å². The molecule has 52 valence electrons. The second-order valence-electron chi connectivity index (χ2n) is 1.41. The zero-order chi connectivity index (χ0) is 7.15. The van der Waals surface area contributed by atoms with Gasteiger partial charge in [0.05, 0.1) is 0 Å². The van der Waals surface area contributed by atoms with E-state index < -0.39 is 12.5 Å². The molecule has 0 rings (SSSR count). The molecule has 10 heavy (non-hydrogen) atoms. The van der Waals surface area contributed by atoms with Crippen molar-refractivity contribution in [2.75, 3.05) is 0 Å². The van der Waals surface area contributed by atoms with Gasteiger partial charge in [-0.25, -0.2) is 0 Å². The van der Waals surface area contributed by atoms with Crippen molar-refractivity contribution in [3.8, 4) is 0 Å². The Labute approximate surface area is 147 Å². The molecule has 4 nitrogen and oxygen atoms in total. The molecule has 2 unspecified atom stereocenters. The third-order valence-electron chi connectivity index (χ3n) is 0. The molecule has 0 fully saturated rings. The van der Waals surface area contributed by atoms with Crippen molar-refractivity contribution in [2.24, 2.45) is 11.5 Å². The molecule has 0 radical (unpaired) electrons. The van der Waals surface area contributed by atoms with Crippen LogP contribution < -0.4 is 124 Å². The predicted octanol–water partition coefficient (Wildman–Crippen LogP) is -8.69. The average Bonchev–Trinajstić information content (AvgIpc) is 1.25. The molecule has 2 atom stereocenters. The van der Waals surface area contributed by atoms with Crippen LogP contribution in [-0.4, -0.2) is 12.5 Å². The topological polar surface area (TPSA) is 98.2 Å². The number of nitrogens with two attached hydrogens (primary N) is 2. The molecule has 0 bridgehead atoms. The summed E-state index contributed by atoms with van der Waals surface area (Å²) in [4.78, 5) is 0. The van der Waals surface area contributed by atoms with Gasteiger partial charge in [-0.05, 0) is 0 Å². The van der Waals surface area contributed by atoms with Crippen LogP contribution in [0.5, 0.6) is 0 Å². The van der Waals surface area contributed by atoms with Crippen LogP contribution in [0.15, 0.2) is 0 Å². The predicted molar refractivity (Wildman–Crippen MR) is 27.3 cm³/mol. The quantitative estimate of drug-likeness (QED) is 0.298. The molecular formula is C4H12K2N2O2. The molecule has 0 amide bonds. The summed E-state index contributed by atoms with van der Waals surface area (Å²) in [5.74, 6) is 0. The normalized spacial score (nSPS) is 12.6. The standard InChI is InChI=1S/2C2H6NO.2K/c2*1-2(3)4;;/h2*2H,3H2,1H3;;/q2*-1;2*+1. The van der Waals surface area contributed by atoms with Gasteiger partial charge in [-0.15, -0.1) is 0 Å². The second-order valence-corrected chi connectivity index (χ2v) is 1.41. The molecule has 6 heteroatoms. The first-order valence-corrected chi connectivity index (χ1v) is 2.29. The van der Waals surface area contributed by atoms with E-state index >= 15 is 0 Å². The van der Waals surface area contributed by atoms with Gasteiger partial charge in [0.2, 0.25) is 0 Å². The summed E-state index contributed by atoms with van der Waals surface area (Å²) in [6.45, 7) is 2.78. The second kappa shape index (κ2) is 18.0. The fourth-order valence-corrected chi connectivity index (χ4v) is 0. The fraction of sp³-hybridized carbons (Fsp3) is 1.00. The maximum Gasteiger partial charge on any atom is 1.00 e. The third-order valence-corrected chi connectivity index (χ3v) is 0. The van der Waals surface area contributed by atoms with Gasteiger partial charge >= 0.3 is 103 Å². The van der Waals surface area contributed by atoms with E-state index in [2.05, 4.69) is 11.5 Å². The van der Waals surface area contributed by atoms with Gasteiger partial charge in [0.1, 0.15) is 0 Å². The SMILES string of the molecule is CC(N)[O-].CC(N)[O-].[K+].[K+]. The Hall–Kier alpha value is 3.11. The molecule has 0 aliphatic carbocycles. The Bertz CT molecular complexity index is 34.7. The summed E-state index contributed by atoms with van der Waals surface area (Å²) >= 11 is 0. The van der Waals surface area contributed by atoms with Crippen molar-refractivity contribution in [1.82, 2.24) is 0 Å². The molecule has 0 spiro atoms. The van der Waals surface area contributed by atoms with E-state index in [9.17, 15) is 10.2 Å². The summed E-state index contributed by atoms with van der Waals surface area (Å²) < 4.78 is 0. The van der Waals surface area contributed by atoms with Gasteiger partial charge < -0.3 is 21.7 Å². The van der Waals surface area contributed by atoms with E-state index in [4.69, 9.17) is 0 Å². The van der Waals surface area contributed by atoms with Crippen LogP contribution in [-0.2, 0) is 0 Å². The van der Waals surface area contributed by atoms with Crippen LogP contribution >= 0.6 is 0 Å². The molecule has 0 saturated carbocycles. The van der Waals surface area contributed by atoms with Crippen molar-refractivity contribution >= 4 is 0 Å². The van der Waals surface area contributed by atoms with Crippen LogP contribution in [0.1, 0.15) is 13.8 Å². The van der Waals surface area contributed by atoms with Gasteiger partial charge in [-0.2, -0.15) is 0 Å². The van der Waals surface area contributed by atoms with Gasteiger partial charge in [0, 0.05) is 0 Å². The maximum atomic E-state index is 9.31. The molecule has 0 aliphatic rings. The smallest absolute Gasteiger partial charge is 0.841 e. The van der Waals surface area contributed by atoms with Crippen molar-refractivity contribution in [1.29, 1.82) is 0 Å². The van der Waals surface area contributed by atoms with Crippen LogP contribution in [0.2, 0.25) is 0 Å². The first-order valence-electron chi connectivity index (χ1n) is 2.29. The van der Waals surface area contributed by atoms with Crippen LogP contribution in [0.25, 0.3) is 0 Å². The minimum atomic E-state index is -0.917. The van der Waals surface area contributed by atoms with Crippen molar-refractivity contribution in [3.05, 3.63) is 0 Å². The monoisotopic (exact) mass is 198 g/mol. The largest absolute Gasteiger partial charge is 1.00 e. The van der Waals surface area contributed by atoms with E-state index in [1.54, 1.807) is 0 Å². The minimum absolute atomic E-state index is 0. The van der Waals surface area contributed by atoms with Crippen molar-refractivity contribution in [2.45, 2.75) is 26.3 Å². The van der Waals surface area contributed by atoms with E-state index in [-0.39, 0.29) is 103 Å². The van der Waals surface area contributed by atoms with Crippen LogP contribution in [0.4, 0.5) is 0 Å². The zero-order valence-electron chi connectivity index (χ0n) is 7.13. The fourth-order valence-electron chi connectivity index (χ4n) is 0. The summed E-state index contributed by atoms with van der Waals surface area (Å²) in [7, 11) is 0. The molecule has 0 aromatic carbocycles. The Morgan fingerprint density at radius 1 is 0.900 bits per heavy atom. The number of hydrogen-bond donors (Lipinski definition) is 2. The Morgan fingerprint density at radius 3 is 0.900 bits per heavy atom. The van der Waals surface area contributed by atoms with Gasteiger partial charge in [0.25, 0.3) is 0 Å².